The average Bonchev–Trinajstić information content (AvgIpc) is 2.59. The Morgan fingerprint density at radius 2 is 1.94 bits per heavy atom. The van der Waals surface area contributed by atoms with E-state index in [1.807, 2.05) is 0 Å². The zero-order valence-electron chi connectivity index (χ0n) is 11.7. The van der Waals surface area contributed by atoms with Crippen molar-refractivity contribution in [1.29, 1.82) is 0 Å². The summed E-state index contributed by atoms with van der Waals surface area (Å²) >= 11 is 0. The van der Waals surface area contributed by atoms with Crippen molar-refractivity contribution in [3.63, 3.8) is 0 Å². The van der Waals surface area contributed by atoms with Crippen LogP contribution in [0.4, 0.5) is 0 Å². The summed E-state index contributed by atoms with van der Waals surface area (Å²) in [5.41, 5.74) is -0.460. The SMILES string of the molecule is COC(=O)C1(NC2CCCCCC2)CCN(C)C1. The number of likely N-dealkylation sites (tertiary alicyclic amines) is 1. The van der Waals surface area contributed by atoms with Gasteiger partial charge in [-0.3, -0.25) is 10.1 Å². The second kappa shape index (κ2) is 6.02. The van der Waals surface area contributed by atoms with Crippen LogP contribution in [-0.2, 0) is 9.53 Å². The number of carbonyl (C=O) groups excluding carboxylic acids is 1. The van der Waals surface area contributed by atoms with Crippen LogP contribution in [0.15, 0.2) is 0 Å². The van der Waals surface area contributed by atoms with E-state index in [9.17, 15) is 4.79 Å². The van der Waals surface area contributed by atoms with E-state index in [1.165, 1.54) is 45.6 Å². The molecule has 2 aliphatic rings. The van der Waals surface area contributed by atoms with Crippen molar-refractivity contribution in [2.45, 2.75) is 56.5 Å². The Morgan fingerprint density at radius 3 is 2.44 bits per heavy atom. The molecule has 1 atom stereocenters. The second-order valence-electron chi connectivity index (χ2n) is 5.89. The van der Waals surface area contributed by atoms with Gasteiger partial charge < -0.3 is 9.64 Å². The Hall–Kier alpha value is -0.610. The molecule has 0 aromatic rings. The molecule has 1 N–H and O–H groups in total. The second-order valence-corrected chi connectivity index (χ2v) is 5.89. The Kier molecular flexibility index (Phi) is 4.62. The van der Waals surface area contributed by atoms with Crippen molar-refractivity contribution < 1.29 is 9.53 Å². The topological polar surface area (TPSA) is 41.6 Å². The Balaban J connectivity index is 2.02. The fourth-order valence-corrected chi connectivity index (χ4v) is 3.35. The number of likely N-dealkylation sites (N-methyl/N-ethyl adjacent to an activating group) is 1. The van der Waals surface area contributed by atoms with Crippen molar-refractivity contribution in [1.82, 2.24) is 10.2 Å². The summed E-state index contributed by atoms with van der Waals surface area (Å²) in [6.45, 7) is 1.74. The fourth-order valence-electron chi connectivity index (χ4n) is 3.35. The van der Waals surface area contributed by atoms with Gasteiger partial charge in [0.25, 0.3) is 0 Å². The van der Waals surface area contributed by atoms with Crippen LogP contribution < -0.4 is 5.32 Å². The molecule has 1 aliphatic carbocycles. The van der Waals surface area contributed by atoms with E-state index in [0.29, 0.717) is 6.04 Å². The molecule has 0 aromatic heterocycles. The highest BCUT2D eigenvalue weighted by Gasteiger charge is 2.45. The monoisotopic (exact) mass is 254 g/mol. The predicted octanol–water partition coefficient (Wildman–Crippen LogP) is 1.55. The first-order valence-electron chi connectivity index (χ1n) is 7.21. The van der Waals surface area contributed by atoms with Gasteiger partial charge in [-0.15, -0.1) is 0 Å². The van der Waals surface area contributed by atoms with E-state index in [2.05, 4.69) is 17.3 Å². The third-order valence-corrected chi connectivity index (χ3v) is 4.37. The Bertz CT molecular complexity index is 288. The minimum absolute atomic E-state index is 0.0869. The average molecular weight is 254 g/mol. The molecule has 0 aromatic carbocycles. The van der Waals surface area contributed by atoms with Crippen molar-refractivity contribution in [3.8, 4) is 0 Å². The number of nitrogens with zero attached hydrogens (tertiary/aromatic N) is 1. The Labute approximate surface area is 110 Å². The number of nitrogens with one attached hydrogen (secondary N) is 1. The van der Waals surface area contributed by atoms with E-state index in [1.54, 1.807) is 0 Å². The highest BCUT2D eigenvalue weighted by atomic mass is 16.5. The smallest absolute Gasteiger partial charge is 0.327 e. The van der Waals surface area contributed by atoms with E-state index in [-0.39, 0.29) is 5.97 Å². The maximum Gasteiger partial charge on any atom is 0.327 e. The molecular weight excluding hydrogens is 228 g/mol. The van der Waals surface area contributed by atoms with Crippen LogP contribution in [0.1, 0.15) is 44.9 Å². The Morgan fingerprint density at radius 1 is 1.28 bits per heavy atom. The molecule has 18 heavy (non-hydrogen) atoms. The fraction of sp³-hybridized carbons (Fsp3) is 0.929. The molecular formula is C14H26N2O2. The quantitative estimate of drug-likeness (QED) is 0.613. The summed E-state index contributed by atoms with van der Waals surface area (Å²) < 4.78 is 5.03. The van der Waals surface area contributed by atoms with Crippen molar-refractivity contribution in [2.75, 3.05) is 27.2 Å². The summed E-state index contributed by atoms with van der Waals surface area (Å²) in [7, 11) is 3.57. The summed E-state index contributed by atoms with van der Waals surface area (Å²) in [6.07, 6.45) is 8.50. The summed E-state index contributed by atoms with van der Waals surface area (Å²) in [6, 6.07) is 0.484. The molecule has 0 bridgehead atoms. The van der Waals surface area contributed by atoms with Gasteiger partial charge in [0, 0.05) is 19.1 Å². The van der Waals surface area contributed by atoms with Crippen LogP contribution in [0.25, 0.3) is 0 Å². The third-order valence-electron chi connectivity index (χ3n) is 4.37. The summed E-state index contributed by atoms with van der Waals surface area (Å²) in [5, 5.41) is 3.64. The molecule has 1 unspecified atom stereocenters. The van der Waals surface area contributed by atoms with Gasteiger partial charge in [0.1, 0.15) is 5.54 Å². The predicted molar refractivity (Wildman–Crippen MR) is 71.5 cm³/mol. The zero-order valence-corrected chi connectivity index (χ0v) is 11.7. The number of methoxy groups -OCH3 is 1. The number of esters is 1. The standard InChI is InChI=1S/C14H26N2O2/c1-16-10-9-14(11-16,13(17)18-2)15-12-7-5-3-4-6-8-12/h12,15H,3-11H2,1-2H3. The van der Waals surface area contributed by atoms with Crippen LogP contribution in [0.2, 0.25) is 0 Å². The van der Waals surface area contributed by atoms with Crippen molar-refractivity contribution in [3.05, 3.63) is 0 Å². The number of rotatable bonds is 3. The van der Waals surface area contributed by atoms with Gasteiger partial charge in [-0.2, -0.15) is 0 Å². The minimum atomic E-state index is -0.460. The van der Waals surface area contributed by atoms with Crippen molar-refractivity contribution >= 4 is 5.97 Å². The number of carbonyl (C=O) groups is 1. The lowest BCUT2D eigenvalue weighted by Gasteiger charge is -2.32. The van der Waals surface area contributed by atoms with E-state index in [0.717, 1.165) is 19.5 Å². The lowest BCUT2D eigenvalue weighted by molar-refractivity contribution is -0.148. The van der Waals surface area contributed by atoms with Crippen LogP contribution >= 0.6 is 0 Å². The first kappa shape index (κ1) is 13.8. The molecule has 1 saturated heterocycles. The van der Waals surface area contributed by atoms with Gasteiger partial charge in [-0.25, -0.2) is 0 Å². The van der Waals surface area contributed by atoms with Gasteiger partial charge in [0.2, 0.25) is 0 Å². The molecule has 0 amide bonds. The maximum absolute atomic E-state index is 12.1. The number of hydrogen-bond donors (Lipinski definition) is 1. The lowest BCUT2D eigenvalue weighted by atomic mass is 9.95. The highest BCUT2D eigenvalue weighted by Crippen LogP contribution is 2.26. The van der Waals surface area contributed by atoms with Crippen LogP contribution in [-0.4, -0.2) is 49.7 Å². The largest absolute Gasteiger partial charge is 0.468 e. The number of ether oxygens (including phenoxy) is 1. The van der Waals surface area contributed by atoms with Gasteiger partial charge >= 0.3 is 5.97 Å². The van der Waals surface area contributed by atoms with E-state index < -0.39 is 5.54 Å². The van der Waals surface area contributed by atoms with Crippen LogP contribution in [0, 0.1) is 0 Å². The zero-order chi connectivity index (χ0) is 13.0. The first-order chi connectivity index (χ1) is 8.66. The molecule has 2 fully saturated rings. The van der Waals surface area contributed by atoms with Crippen LogP contribution in [0.3, 0.4) is 0 Å². The molecule has 0 spiro atoms. The molecule has 2 rings (SSSR count). The molecule has 4 nitrogen and oxygen atoms in total. The third kappa shape index (κ3) is 3.04. The lowest BCUT2D eigenvalue weighted by Crippen LogP contribution is -2.57. The minimum Gasteiger partial charge on any atom is -0.468 e. The molecule has 104 valence electrons. The highest BCUT2D eigenvalue weighted by molar-refractivity contribution is 5.81. The maximum atomic E-state index is 12.1. The van der Waals surface area contributed by atoms with E-state index in [4.69, 9.17) is 4.74 Å². The van der Waals surface area contributed by atoms with Gasteiger partial charge in [-0.05, 0) is 26.3 Å². The van der Waals surface area contributed by atoms with Crippen LogP contribution in [0.5, 0.6) is 0 Å². The molecule has 1 saturated carbocycles. The molecule has 4 heteroatoms. The molecule has 1 heterocycles. The summed E-state index contributed by atoms with van der Waals surface area (Å²) in [4.78, 5) is 14.3. The first-order valence-corrected chi connectivity index (χ1v) is 7.21. The van der Waals surface area contributed by atoms with E-state index >= 15 is 0 Å². The molecule has 1 aliphatic heterocycles. The van der Waals surface area contributed by atoms with Crippen molar-refractivity contribution in [2.24, 2.45) is 0 Å². The van der Waals surface area contributed by atoms with Gasteiger partial charge in [0.15, 0.2) is 0 Å². The van der Waals surface area contributed by atoms with Gasteiger partial charge in [-0.1, -0.05) is 25.7 Å². The normalized spacial score (nSPS) is 31.2. The van der Waals surface area contributed by atoms with Gasteiger partial charge in [0.05, 0.1) is 7.11 Å². The summed E-state index contributed by atoms with van der Waals surface area (Å²) in [5.74, 6) is -0.0869. The number of hydrogen-bond acceptors (Lipinski definition) is 4. The molecule has 0 radical (unpaired) electrons.